The molecule has 0 radical (unpaired) electrons. The van der Waals surface area contributed by atoms with E-state index in [0.29, 0.717) is 6.61 Å². The molecule has 1 N–H and O–H groups in total. The molecule has 0 saturated carbocycles. The highest BCUT2D eigenvalue weighted by Crippen LogP contribution is 2.34. The Kier molecular flexibility index (Phi) is 11.5. The van der Waals surface area contributed by atoms with Gasteiger partial charge >= 0.3 is 6.18 Å². The molecule has 1 aromatic heterocycles. The predicted molar refractivity (Wildman–Crippen MR) is 96.3 cm³/mol. The SMILES string of the molecule is CCCCCCCCCCCCCCOc1ccc(C(O)C(F)(F)F)o1. The van der Waals surface area contributed by atoms with Gasteiger partial charge in [0.15, 0.2) is 0 Å². The number of aliphatic hydroxyl groups is 1. The van der Waals surface area contributed by atoms with Crippen molar-refractivity contribution in [2.24, 2.45) is 0 Å². The number of hydrogen-bond acceptors (Lipinski definition) is 3. The summed E-state index contributed by atoms with van der Waals surface area (Å²) in [5.74, 6) is -0.520. The average Bonchev–Trinajstić information content (AvgIpc) is 3.06. The van der Waals surface area contributed by atoms with E-state index in [4.69, 9.17) is 14.3 Å². The van der Waals surface area contributed by atoms with E-state index in [-0.39, 0.29) is 5.95 Å². The fourth-order valence-corrected chi connectivity index (χ4v) is 2.84. The van der Waals surface area contributed by atoms with Crippen molar-refractivity contribution in [3.05, 3.63) is 17.9 Å². The van der Waals surface area contributed by atoms with Crippen LogP contribution in [0.25, 0.3) is 0 Å². The minimum atomic E-state index is -4.73. The van der Waals surface area contributed by atoms with Crippen LogP contribution < -0.4 is 4.74 Å². The fourth-order valence-electron chi connectivity index (χ4n) is 2.84. The molecule has 0 saturated heterocycles. The van der Waals surface area contributed by atoms with Crippen LogP contribution in [0.15, 0.2) is 16.5 Å². The van der Waals surface area contributed by atoms with Gasteiger partial charge in [-0.1, -0.05) is 77.6 Å². The normalized spacial score (nSPS) is 13.1. The van der Waals surface area contributed by atoms with Crippen LogP contribution in [0, 0.1) is 0 Å². The Morgan fingerprint density at radius 3 is 1.88 bits per heavy atom. The largest absolute Gasteiger partial charge is 0.465 e. The van der Waals surface area contributed by atoms with E-state index in [1.807, 2.05) is 0 Å². The Hall–Kier alpha value is -1.17. The molecule has 0 fully saturated rings. The Morgan fingerprint density at radius 1 is 0.885 bits per heavy atom. The number of furan rings is 1. The first kappa shape index (κ1) is 22.9. The van der Waals surface area contributed by atoms with Crippen LogP contribution in [0.4, 0.5) is 13.2 Å². The van der Waals surface area contributed by atoms with E-state index in [0.717, 1.165) is 25.3 Å². The maximum absolute atomic E-state index is 12.4. The molecule has 1 atom stereocenters. The molecule has 0 aromatic carbocycles. The quantitative estimate of drug-likeness (QED) is 0.336. The van der Waals surface area contributed by atoms with Crippen LogP contribution in [0.5, 0.6) is 5.95 Å². The number of ether oxygens (including phenoxy) is 1. The van der Waals surface area contributed by atoms with Gasteiger partial charge in [0.2, 0.25) is 6.10 Å². The highest BCUT2D eigenvalue weighted by Gasteiger charge is 2.41. The third kappa shape index (κ3) is 10.1. The Bertz CT molecular complexity index is 457. The van der Waals surface area contributed by atoms with Gasteiger partial charge in [0, 0.05) is 6.07 Å². The number of halogens is 3. The summed E-state index contributed by atoms with van der Waals surface area (Å²) in [6.45, 7) is 2.64. The van der Waals surface area contributed by atoms with Crippen LogP contribution in [-0.4, -0.2) is 17.9 Å². The molecule has 0 spiro atoms. The summed E-state index contributed by atoms with van der Waals surface area (Å²) in [5.41, 5.74) is 0. The molecule has 0 aliphatic carbocycles. The molecule has 0 amide bonds. The molecule has 1 rings (SSSR count). The third-order valence-electron chi connectivity index (χ3n) is 4.42. The maximum atomic E-state index is 12.4. The van der Waals surface area contributed by atoms with Gasteiger partial charge in [-0.15, -0.1) is 0 Å². The topological polar surface area (TPSA) is 42.6 Å². The molecule has 0 aliphatic heterocycles. The van der Waals surface area contributed by atoms with Gasteiger partial charge in [0.25, 0.3) is 5.95 Å². The van der Waals surface area contributed by atoms with E-state index >= 15 is 0 Å². The Morgan fingerprint density at radius 2 is 1.38 bits per heavy atom. The molecule has 1 heterocycles. The van der Waals surface area contributed by atoms with Gasteiger partial charge in [0.1, 0.15) is 5.76 Å². The highest BCUT2D eigenvalue weighted by atomic mass is 19.4. The van der Waals surface area contributed by atoms with Crippen LogP contribution >= 0.6 is 0 Å². The van der Waals surface area contributed by atoms with Gasteiger partial charge in [0.05, 0.1) is 6.61 Å². The van der Waals surface area contributed by atoms with Crippen molar-refractivity contribution >= 4 is 0 Å². The number of unbranched alkanes of at least 4 members (excludes halogenated alkanes) is 11. The third-order valence-corrected chi connectivity index (χ3v) is 4.42. The highest BCUT2D eigenvalue weighted by molar-refractivity contribution is 5.14. The van der Waals surface area contributed by atoms with Gasteiger partial charge in [-0.3, -0.25) is 0 Å². The first-order valence-electron chi connectivity index (χ1n) is 9.92. The molecule has 6 heteroatoms. The van der Waals surface area contributed by atoms with Crippen LogP contribution in [0.2, 0.25) is 0 Å². The van der Waals surface area contributed by atoms with Crippen LogP contribution in [0.1, 0.15) is 95.8 Å². The number of alkyl halides is 3. The fraction of sp³-hybridized carbons (Fsp3) is 0.800. The summed E-state index contributed by atoms with van der Waals surface area (Å²) in [7, 11) is 0. The maximum Gasteiger partial charge on any atom is 0.421 e. The molecule has 3 nitrogen and oxygen atoms in total. The summed E-state index contributed by atoms with van der Waals surface area (Å²) in [6.07, 6.45) is 7.53. The predicted octanol–water partition coefficient (Wildman–Crippen LogP) is 6.96. The zero-order chi connectivity index (χ0) is 19.3. The summed E-state index contributed by atoms with van der Waals surface area (Å²) < 4.78 is 47.3. The molecule has 26 heavy (non-hydrogen) atoms. The molecule has 1 aromatic rings. The van der Waals surface area contributed by atoms with E-state index in [9.17, 15) is 13.2 Å². The van der Waals surface area contributed by atoms with E-state index in [1.54, 1.807) is 0 Å². The summed E-state index contributed by atoms with van der Waals surface area (Å²) in [6, 6.07) is 2.40. The van der Waals surface area contributed by atoms with Crippen molar-refractivity contribution in [1.82, 2.24) is 0 Å². The molecule has 0 bridgehead atoms. The van der Waals surface area contributed by atoms with Gasteiger partial charge in [-0.05, 0) is 12.5 Å². The van der Waals surface area contributed by atoms with E-state index < -0.39 is 18.0 Å². The summed E-state index contributed by atoms with van der Waals surface area (Å²) in [5, 5.41) is 9.08. The first-order valence-corrected chi connectivity index (χ1v) is 9.92. The zero-order valence-electron chi connectivity index (χ0n) is 15.8. The molecular formula is C20H33F3O3. The Labute approximate surface area is 154 Å². The van der Waals surface area contributed by atoms with Crippen molar-refractivity contribution in [3.63, 3.8) is 0 Å². The van der Waals surface area contributed by atoms with Crippen molar-refractivity contribution in [1.29, 1.82) is 0 Å². The van der Waals surface area contributed by atoms with Gasteiger partial charge < -0.3 is 14.3 Å². The average molecular weight is 378 g/mol. The van der Waals surface area contributed by atoms with Crippen molar-refractivity contribution in [3.8, 4) is 5.95 Å². The second kappa shape index (κ2) is 13.1. The second-order valence-electron chi connectivity index (χ2n) is 6.84. The van der Waals surface area contributed by atoms with Crippen LogP contribution in [-0.2, 0) is 0 Å². The summed E-state index contributed by atoms with van der Waals surface area (Å²) in [4.78, 5) is 0. The van der Waals surface area contributed by atoms with Crippen LogP contribution in [0.3, 0.4) is 0 Å². The molecular weight excluding hydrogens is 345 g/mol. The zero-order valence-corrected chi connectivity index (χ0v) is 15.8. The van der Waals surface area contributed by atoms with Gasteiger partial charge in [-0.25, -0.2) is 0 Å². The Balaban J connectivity index is 1.96. The lowest BCUT2D eigenvalue weighted by atomic mass is 10.1. The number of aliphatic hydroxyl groups excluding tert-OH is 1. The standard InChI is InChI=1S/C20H33F3O3/c1-2-3-4-5-6-7-8-9-10-11-12-13-16-25-18-15-14-17(26-18)19(24)20(21,22)23/h14-15,19,24H,2-13,16H2,1H3. The lowest BCUT2D eigenvalue weighted by Crippen LogP contribution is -2.19. The van der Waals surface area contributed by atoms with Crippen molar-refractivity contribution < 1.29 is 27.4 Å². The van der Waals surface area contributed by atoms with Crippen molar-refractivity contribution in [2.45, 2.75) is 96.3 Å². The molecule has 1 unspecified atom stereocenters. The lowest BCUT2D eigenvalue weighted by molar-refractivity contribution is -0.211. The first-order chi connectivity index (χ1) is 12.4. The molecule has 152 valence electrons. The van der Waals surface area contributed by atoms with Crippen molar-refractivity contribution in [2.75, 3.05) is 6.61 Å². The monoisotopic (exact) mass is 378 g/mol. The minimum Gasteiger partial charge on any atom is -0.465 e. The van der Waals surface area contributed by atoms with E-state index in [1.165, 1.54) is 63.9 Å². The second-order valence-corrected chi connectivity index (χ2v) is 6.84. The van der Waals surface area contributed by atoms with Gasteiger partial charge in [-0.2, -0.15) is 13.2 Å². The van der Waals surface area contributed by atoms with E-state index in [2.05, 4.69) is 6.92 Å². The number of rotatable bonds is 15. The molecule has 0 aliphatic rings. The summed E-state index contributed by atoms with van der Waals surface area (Å²) >= 11 is 0. The smallest absolute Gasteiger partial charge is 0.421 e. The number of hydrogen-bond donors (Lipinski definition) is 1. The lowest BCUT2D eigenvalue weighted by Gasteiger charge is -2.11. The minimum absolute atomic E-state index is 0.0198.